The lowest BCUT2D eigenvalue weighted by Crippen LogP contribution is -2.29. The first kappa shape index (κ1) is 12.8. The summed E-state index contributed by atoms with van der Waals surface area (Å²) in [6, 6.07) is 5.87. The second-order valence-electron chi connectivity index (χ2n) is 3.91. The minimum absolute atomic E-state index is 0.320. The van der Waals surface area contributed by atoms with Crippen LogP contribution < -0.4 is 0 Å². The number of nitrogens with zero attached hydrogens (tertiary/aromatic N) is 2. The molecule has 1 rings (SSSR count). The summed E-state index contributed by atoms with van der Waals surface area (Å²) in [6.45, 7) is 6.29. The van der Waals surface area contributed by atoms with Crippen LogP contribution in [0.4, 0.5) is 0 Å². The van der Waals surface area contributed by atoms with Crippen molar-refractivity contribution in [1.29, 1.82) is 0 Å². The third-order valence-corrected chi connectivity index (χ3v) is 2.49. The summed E-state index contributed by atoms with van der Waals surface area (Å²) >= 11 is 0. The van der Waals surface area contributed by atoms with Crippen LogP contribution in [0.25, 0.3) is 0 Å². The summed E-state index contributed by atoms with van der Waals surface area (Å²) in [6.07, 6.45) is 3.40. The number of aromatic nitrogens is 1. The number of hydrogen-bond acceptors (Lipinski definition) is 3. The molecule has 0 aliphatic rings. The Balaban J connectivity index is 2.46. The van der Waals surface area contributed by atoms with Crippen LogP contribution in [0.1, 0.15) is 32.4 Å². The molecule has 16 heavy (non-hydrogen) atoms. The van der Waals surface area contributed by atoms with Crippen molar-refractivity contribution in [2.75, 3.05) is 13.1 Å². The molecule has 1 aromatic heterocycles. The van der Waals surface area contributed by atoms with Crippen molar-refractivity contribution >= 4 is 5.78 Å². The van der Waals surface area contributed by atoms with Crippen LogP contribution in [0.2, 0.25) is 0 Å². The molecule has 0 aliphatic heterocycles. The van der Waals surface area contributed by atoms with Crippen LogP contribution in [0.15, 0.2) is 24.4 Å². The molecule has 0 unspecified atom stereocenters. The van der Waals surface area contributed by atoms with Gasteiger partial charge in [0.15, 0.2) is 0 Å². The van der Waals surface area contributed by atoms with Crippen molar-refractivity contribution < 1.29 is 4.79 Å². The summed E-state index contributed by atoms with van der Waals surface area (Å²) in [5, 5.41) is 0. The maximum atomic E-state index is 11.5. The van der Waals surface area contributed by atoms with Gasteiger partial charge in [0.1, 0.15) is 5.78 Å². The van der Waals surface area contributed by atoms with Crippen LogP contribution in [-0.2, 0) is 11.3 Å². The molecule has 0 aromatic carbocycles. The molecule has 3 nitrogen and oxygen atoms in total. The van der Waals surface area contributed by atoms with Gasteiger partial charge in [0.2, 0.25) is 0 Å². The Morgan fingerprint density at radius 3 is 2.75 bits per heavy atom. The number of carbonyl (C=O) groups excluding carboxylic acids is 1. The summed E-state index contributed by atoms with van der Waals surface area (Å²) in [4.78, 5) is 17.9. The van der Waals surface area contributed by atoms with Gasteiger partial charge in [-0.3, -0.25) is 14.7 Å². The van der Waals surface area contributed by atoms with Gasteiger partial charge in [0.05, 0.1) is 12.2 Å². The molecule has 0 saturated carbocycles. The highest BCUT2D eigenvalue weighted by Crippen LogP contribution is 2.02. The van der Waals surface area contributed by atoms with Gasteiger partial charge in [-0.25, -0.2) is 0 Å². The number of likely N-dealkylation sites (N-methyl/N-ethyl adjacent to an activating group) is 1. The molecule has 0 saturated heterocycles. The number of ketones is 1. The molecule has 0 aliphatic carbocycles. The van der Waals surface area contributed by atoms with E-state index in [1.807, 2.05) is 25.1 Å². The third-order valence-electron chi connectivity index (χ3n) is 2.49. The van der Waals surface area contributed by atoms with Gasteiger partial charge in [-0.15, -0.1) is 0 Å². The maximum absolute atomic E-state index is 11.5. The van der Waals surface area contributed by atoms with E-state index in [4.69, 9.17) is 0 Å². The number of carbonyl (C=O) groups is 1. The van der Waals surface area contributed by atoms with E-state index >= 15 is 0 Å². The highest BCUT2D eigenvalue weighted by atomic mass is 16.1. The Bertz CT molecular complexity index is 311. The Morgan fingerprint density at radius 1 is 1.38 bits per heavy atom. The summed E-state index contributed by atoms with van der Waals surface area (Å²) in [5.41, 5.74) is 1.02. The molecule has 0 atom stereocenters. The van der Waals surface area contributed by atoms with E-state index in [9.17, 15) is 4.79 Å². The molecule has 3 heteroatoms. The van der Waals surface area contributed by atoms with Crippen LogP contribution in [0.5, 0.6) is 0 Å². The van der Waals surface area contributed by atoms with Gasteiger partial charge in [0, 0.05) is 19.2 Å². The number of rotatable bonds is 7. The highest BCUT2D eigenvalue weighted by Gasteiger charge is 2.09. The fourth-order valence-corrected chi connectivity index (χ4v) is 1.61. The average molecular weight is 220 g/mol. The minimum Gasteiger partial charge on any atom is -0.298 e. The highest BCUT2D eigenvalue weighted by molar-refractivity contribution is 5.80. The van der Waals surface area contributed by atoms with E-state index in [-0.39, 0.29) is 0 Å². The summed E-state index contributed by atoms with van der Waals surface area (Å²) < 4.78 is 0. The Hall–Kier alpha value is -1.22. The quantitative estimate of drug-likeness (QED) is 0.706. The SMILES string of the molecule is CCCC(=O)CN(CC)Cc1ccccn1. The predicted octanol–water partition coefficient (Wildman–Crippen LogP) is 2.27. The van der Waals surface area contributed by atoms with Crippen molar-refractivity contribution in [3.05, 3.63) is 30.1 Å². The zero-order chi connectivity index (χ0) is 11.8. The van der Waals surface area contributed by atoms with Gasteiger partial charge < -0.3 is 0 Å². The third kappa shape index (κ3) is 4.53. The Kier molecular flexibility index (Phi) is 5.72. The number of Topliss-reactive ketones (excluding diaryl/α,β-unsaturated/α-hetero) is 1. The van der Waals surface area contributed by atoms with Gasteiger partial charge in [-0.2, -0.15) is 0 Å². The van der Waals surface area contributed by atoms with Gasteiger partial charge in [-0.05, 0) is 25.1 Å². The largest absolute Gasteiger partial charge is 0.298 e. The zero-order valence-electron chi connectivity index (χ0n) is 10.1. The van der Waals surface area contributed by atoms with E-state index in [1.165, 1.54) is 0 Å². The molecule has 0 fully saturated rings. The van der Waals surface area contributed by atoms with E-state index in [1.54, 1.807) is 6.20 Å². The predicted molar refractivity (Wildman–Crippen MR) is 65.1 cm³/mol. The second-order valence-corrected chi connectivity index (χ2v) is 3.91. The fraction of sp³-hybridized carbons (Fsp3) is 0.538. The molecular weight excluding hydrogens is 200 g/mol. The Morgan fingerprint density at radius 2 is 2.19 bits per heavy atom. The van der Waals surface area contributed by atoms with Crippen molar-refractivity contribution in [1.82, 2.24) is 9.88 Å². The van der Waals surface area contributed by atoms with Crippen molar-refractivity contribution in [3.63, 3.8) is 0 Å². The van der Waals surface area contributed by atoms with E-state index in [0.717, 1.165) is 25.2 Å². The first-order chi connectivity index (χ1) is 7.76. The van der Waals surface area contributed by atoms with Crippen molar-refractivity contribution in [3.8, 4) is 0 Å². The number of pyridine rings is 1. The van der Waals surface area contributed by atoms with Gasteiger partial charge >= 0.3 is 0 Å². The lowest BCUT2D eigenvalue weighted by atomic mass is 10.2. The molecule has 1 heterocycles. The average Bonchev–Trinajstić information content (AvgIpc) is 2.30. The smallest absolute Gasteiger partial charge is 0.146 e. The lowest BCUT2D eigenvalue weighted by Gasteiger charge is -2.18. The van der Waals surface area contributed by atoms with Crippen LogP contribution in [0.3, 0.4) is 0 Å². The maximum Gasteiger partial charge on any atom is 0.146 e. The molecule has 0 N–H and O–H groups in total. The first-order valence-corrected chi connectivity index (χ1v) is 5.90. The summed E-state index contributed by atoms with van der Waals surface area (Å²) in [7, 11) is 0. The molecule has 0 radical (unpaired) electrons. The van der Waals surface area contributed by atoms with Crippen LogP contribution in [0, 0.1) is 0 Å². The molecule has 0 bridgehead atoms. The molecule has 88 valence electrons. The van der Waals surface area contributed by atoms with Gasteiger partial charge in [0.25, 0.3) is 0 Å². The standard InChI is InChI=1S/C13H20N2O/c1-3-7-13(16)11-15(4-2)10-12-8-5-6-9-14-12/h5-6,8-9H,3-4,7,10-11H2,1-2H3. The van der Waals surface area contributed by atoms with E-state index in [2.05, 4.69) is 16.8 Å². The second kappa shape index (κ2) is 7.12. The molecule has 1 aromatic rings. The zero-order valence-corrected chi connectivity index (χ0v) is 10.1. The van der Waals surface area contributed by atoms with Crippen molar-refractivity contribution in [2.24, 2.45) is 0 Å². The van der Waals surface area contributed by atoms with Crippen LogP contribution in [-0.4, -0.2) is 28.8 Å². The lowest BCUT2D eigenvalue weighted by molar-refractivity contribution is -0.120. The number of hydrogen-bond donors (Lipinski definition) is 0. The van der Waals surface area contributed by atoms with Crippen LogP contribution >= 0.6 is 0 Å². The normalized spacial score (nSPS) is 10.7. The first-order valence-electron chi connectivity index (χ1n) is 5.90. The topological polar surface area (TPSA) is 33.2 Å². The van der Waals surface area contributed by atoms with E-state index < -0.39 is 0 Å². The van der Waals surface area contributed by atoms with Gasteiger partial charge in [-0.1, -0.05) is 19.9 Å². The Labute approximate surface area is 97.5 Å². The van der Waals surface area contributed by atoms with Crippen molar-refractivity contribution in [2.45, 2.75) is 33.2 Å². The minimum atomic E-state index is 0.320. The summed E-state index contributed by atoms with van der Waals surface area (Å²) in [5.74, 6) is 0.320. The molecular formula is C13H20N2O. The molecule has 0 amide bonds. The fourth-order valence-electron chi connectivity index (χ4n) is 1.61. The monoisotopic (exact) mass is 220 g/mol. The molecule has 0 spiro atoms. The van der Waals surface area contributed by atoms with E-state index in [0.29, 0.717) is 18.7 Å².